The third-order valence-electron chi connectivity index (χ3n) is 7.49. The molecule has 0 atom stereocenters. The van der Waals surface area contributed by atoms with Crippen LogP contribution in [-0.4, -0.2) is 52.8 Å². The summed E-state index contributed by atoms with van der Waals surface area (Å²) in [5, 5.41) is 10.8. The van der Waals surface area contributed by atoms with Crippen LogP contribution in [0.15, 0.2) is 67.0 Å². The lowest BCUT2D eigenvalue weighted by atomic mass is 9.98. The van der Waals surface area contributed by atoms with Gasteiger partial charge in [0.2, 0.25) is 0 Å². The molecule has 2 N–H and O–H groups in total. The van der Waals surface area contributed by atoms with Gasteiger partial charge in [0.25, 0.3) is 5.91 Å². The van der Waals surface area contributed by atoms with Gasteiger partial charge in [-0.1, -0.05) is 49.6 Å². The number of rotatable bonds is 7. The molecule has 2 aromatic heterocycles. The third kappa shape index (κ3) is 5.56. The molecule has 1 saturated heterocycles. The van der Waals surface area contributed by atoms with Crippen molar-refractivity contribution in [3.63, 3.8) is 0 Å². The van der Waals surface area contributed by atoms with Gasteiger partial charge < -0.3 is 20.3 Å². The molecule has 3 heterocycles. The van der Waals surface area contributed by atoms with Gasteiger partial charge in [-0.2, -0.15) is 5.10 Å². The number of benzene rings is 2. The molecule has 2 aliphatic rings. The lowest BCUT2D eigenvalue weighted by molar-refractivity contribution is 0.0169. The molecule has 8 nitrogen and oxygen atoms in total. The number of anilines is 2. The van der Waals surface area contributed by atoms with Crippen molar-refractivity contribution in [1.82, 2.24) is 19.9 Å². The topological polar surface area (TPSA) is 83.8 Å². The Labute approximate surface area is 223 Å². The molecule has 1 aliphatic carbocycles. The van der Waals surface area contributed by atoms with Crippen molar-refractivity contribution in [3.05, 3.63) is 78.2 Å². The number of hydrogen-bond donors (Lipinski definition) is 2. The summed E-state index contributed by atoms with van der Waals surface area (Å²) in [5.41, 5.74) is 5.93. The van der Waals surface area contributed by atoms with Crippen molar-refractivity contribution < 1.29 is 9.53 Å². The van der Waals surface area contributed by atoms with E-state index >= 15 is 0 Å². The van der Waals surface area contributed by atoms with Crippen LogP contribution in [0.2, 0.25) is 0 Å². The largest absolute Gasteiger partial charge is 0.374 e. The van der Waals surface area contributed by atoms with E-state index in [0.717, 1.165) is 54.2 Å². The average Bonchev–Trinajstić information content (AvgIpc) is 3.41. The molecule has 2 fully saturated rings. The van der Waals surface area contributed by atoms with Gasteiger partial charge in [0.05, 0.1) is 18.9 Å². The van der Waals surface area contributed by atoms with Crippen molar-refractivity contribution in [2.24, 2.45) is 0 Å². The first kappa shape index (κ1) is 24.6. The Morgan fingerprint density at radius 3 is 2.66 bits per heavy atom. The molecule has 0 bridgehead atoms. The first-order valence-corrected chi connectivity index (χ1v) is 13.7. The van der Waals surface area contributed by atoms with Crippen LogP contribution in [0.5, 0.6) is 0 Å². The van der Waals surface area contributed by atoms with Crippen LogP contribution in [0.4, 0.5) is 11.4 Å². The molecular formula is C30H34N6O2. The Kier molecular flexibility index (Phi) is 7.33. The number of nitrogens with one attached hydrogen (secondary N) is 2. The molecule has 0 spiro atoms. The van der Waals surface area contributed by atoms with Crippen molar-refractivity contribution in [1.29, 1.82) is 0 Å². The molecule has 0 unspecified atom stereocenters. The molecule has 0 radical (unpaired) electrons. The van der Waals surface area contributed by atoms with E-state index in [2.05, 4.69) is 55.9 Å². The van der Waals surface area contributed by atoms with Crippen LogP contribution in [0, 0.1) is 0 Å². The minimum atomic E-state index is -0.243. The zero-order valence-corrected chi connectivity index (χ0v) is 21.6. The highest BCUT2D eigenvalue weighted by Gasteiger charge is 2.16. The predicted octanol–water partition coefficient (Wildman–Crippen LogP) is 4.91. The predicted molar refractivity (Wildman–Crippen MR) is 150 cm³/mol. The molecule has 4 aromatic rings. The van der Waals surface area contributed by atoms with Crippen LogP contribution < -0.4 is 15.5 Å². The number of nitrogens with zero attached hydrogens (tertiary/aromatic N) is 4. The van der Waals surface area contributed by atoms with E-state index in [-0.39, 0.29) is 5.91 Å². The fourth-order valence-electron chi connectivity index (χ4n) is 5.32. The highest BCUT2D eigenvalue weighted by atomic mass is 16.5. The molecule has 1 saturated carbocycles. The van der Waals surface area contributed by atoms with Gasteiger partial charge in [-0.15, -0.1) is 0 Å². The second-order valence-corrected chi connectivity index (χ2v) is 10.1. The van der Waals surface area contributed by atoms with Gasteiger partial charge >= 0.3 is 0 Å². The van der Waals surface area contributed by atoms with Crippen LogP contribution in [-0.2, 0) is 11.3 Å². The number of aromatic nitrogens is 3. The molecule has 6 rings (SSSR count). The lowest BCUT2D eigenvalue weighted by Gasteiger charge is -2.29. The summed E-state index contributed by atoms with van der Waals surface area (Å²) < 4.78 is 7.83. The number of carbonyl (C=O) groups is 1. The lowest BCUT2D eigenvalue weighted by Crippen LogP contribution is -2.43. The normalized spacial score (nSPS) is 16.6. The standard InChI is InChI=1S/C30H34N6O2/c37-30(33-24-5-4-6-25(19-24)35-17-14-31-15-18-35)28-13-16-36-29(34-28)27(20-32-36)23-11-9-22(10-12-23)21-38-26-7-2-1-3-8-26/h4-6,9-13,16,19-20,26,31H,1-3,7-8,14-15,17-18,21H2,(H,33,37). The Balaban J connectivity index is 1.16. The van der Waals surface area contributed by atoms with Gasteiger partial charge in [-0.25, -0.2) is 9.50 Å². The fraction of sp³-hybridized carbons (Fsp3) is 0.367. The number of hydrogen-bond acceptors (Lipinski definition) is 6. The minimum Gasteiger partial charge on any atom is -0.374 e. The van der Waals surface area contributed by atoms with Gasteiger partial charge in [-0.05, 0) is 48.2 Å². The van der Waals surface area contributed by atoms with Crippen molar-refractivity contribution >= 4 is 22.9 Å². The Morgan fingerprint density at radius 1 is 1.03 bits per heavy atom. The Bertz CT molecular complexity index is 1390. The van der Waals surface area contributed by atoms with Crippen LogP contribution in [0.3, 0.4) is 0 Å². The Morgan fingerprint density at radius 2 is 1.84 bits per heavy atom. The van der Waals surface area contributed by atoms with E-state index < -0.39 is 0 Å². The summed E-state index contributed by atoms with van der Waals surface area (Å²) in [6, 6.07) is 18.0. The van der Waals surface area contributed by atoms with Crippen LogP contribution in [0.25, 0.3) is 16.8 Å². The summed E-state index contributed by atoms with van der Waals surface area (Å²) in [7, 11) is 0. The second kappa shape index (κ2) is 11.3. The molecule has 1 aliphatic heterocycles. The maximum Gasteiger partial charge on any atom is 0.274 e. The number of ether oxygens (including phenoxy) is 1. The van der Waals surface area contributed by atoms with Gasteiger partial charge in [0, 0.05) is 49.3 Å². The number of amides is 1. The van der Waals surface area contributed by atoms with Crippen LogP contribution in [0.1, 0.15) is 48.2 Å². The maximum atomic E-state index is 13.1. The smallest absolute Gasteiger partial charge is 0.274 e. The molecule has 8 heteroatoms. The molecule has 2 aromatic carbocycles. The van der Waals surface area contributed by atoms with Gasteiger partial charge in [0.1, 0.15) is 5.69 Å². The fourth-order valence-corrected chi connectivity index (χ4v) is 5.32. The van der Waals surface area contributed by atoms with Crippen molar-refractivity contribution in [2.75, 3.05) is 36.4 Å². The SMILES string of the molecule is O=C(Nc1cccc(N2CCNCC2)c1)c1ccn2ncc(-c3ccc(COC4CCCCC4)cc3)c2n1. The zero-order valence-electron chi connectivity index (χ0n) is 21.6. The van der Waals surface area contributed by atoms with E-state index in [0.29, 0.717) is 24.1 Å². The van der Waals surface area contributed by atoms with Crippen molar-refractivity contribution in [3.8, 4) is 11.1 Å². The number of piperazine rings is 1. The summed E-state index contributed by atoms with van der Waals surface area (Å²) in [4.78, 5) is 20.1. The summed E-state index contributed by atoms with van der Waals surface area (Å²) in [5.74, 6) is -0.243. The highest BCUT2D eigenvalue weighted by molar-refractivity contribution is 6.03. The maximum absolute atomic E-state index is 13.1. The summed E-state index contributed by atoms with van der Waals surface area (Å²) >= 11 is 0. The number of fused-ring (bicyclic) bond motifs is 1. The second-order valence-electron chi connectivity index (χ2n) is 10.1. The highest BCUT2D eigenvalue weighted by Crippen LogP contribution is 2.26. The van der Waals surface area contributed by atoms with Crippen molar-refractivity contribution in [2.45, 2.75) is 44.8 Å². The van der Waals surface area contributed by atoms with E-state index in [1.54, 1.807) is 23.0 Å². The summed E-state index contributed by atoms with van der Waals surface area (Å²) in [6.07, 6.45) is 10.2. The molecule has 196 valence electrons. The van der Waals surface area contributed by atoms with E-state index in [4.69, 9.17) is 4.74 Å². The first-order chi connectivity index (χ1) is 18.7. The number of carbonyl (C=O) groups excluding carboxylic acids is 1. The average molecular weight is 511 g/mol. The van der Waals surface area contributed by atoms with Gasteiger partial charge in [-0.3, -0.25) is 4.79 Å². The molecular weight excluding hydrogens is 476 g/mol. The third-order valence-corrected chi connectivity index (χ3v) is 7.49. The monoisotopic (exact) mass is 510 g/mol. The Hall–Kier alpha value is -3.75. The first-order valence-electron chi connectivity index (χ1n) is 13.7. The molecule has 38 heavy (non-hydrogen) atoms. The minimum absolute atomic E-state index is 0.243. The molecule has 1 amide bonds. The van der Waals surface area contributed by atoms with E-state index in [1.807, 2.05) is 18.2 Å². The van der Waals surface area contributed by atoms with Crippen LogP contribution >= 0.6 is 0 Å². The zero-order chi connectivity index (χ0) is 25.7. The van der Waals surface area contributed by atoms with Gasteiger partial charge in [0.15, 0.2) is 5.65 Å². The van der Waals surface area contributed by atoms with E-state index in [1.165, 1.54) is 32.1 Å². The van der Waals surface area contributed by atoms with E-state index in [9.17, 15) is 4.79 Å². The quantitative estimate of drug-likeness (QED) is 0.368. The summed E-state index contributed by atoms with van der Waals surface area (Å²) in [6.45, 7) is 4.47.